The first-order valence-corrected chi connectivity index (χ1v) is 6.96. The van der Waals surface area contributed by atoms with Crippen LogP contribution >= 0.6 is 0 Å². The molecular weight excluding hydrogens is 256 g/mol. The monoisotopic (exact) mass is 280 g/mol. The highest BCUT2D eigenvalue weighted by atomic mass is 16.3. The lowest BCUT2D eigenvalue weighted by molar-refractivity contribution is -0.134. The zero-order valence-corrected chi connectivity index (χ0v) is 12.7. The fourth-order valence-electron chi connectivity index (χ4n) is 2.93. The molecule has 6 nitrogen and oxygen atoms in total. The zero-order valence-electron chi connectivity index (χ0n) is 12.7. The minimum absolute atomic E-state index is 0.0271. The summed E-state index contributed by atoms with van der Waals surface area (Å²) < 4.78 is 1.88. The van der Waals surface area contributed by atoms with E-state index in [9.17, 15) is 9.90 Å². The normalized spacial score (nSPS) is 23.2. The van der Waals surface area contributed by atoms with E-state index >= 15 is 0 Å². The fraction of sp³-hybridized carbons (Fsp3) is 0.714. The molecule has 0 unspecified atom stereocenters. The van der Waals surface area contributed by atoms with Gasteiger partial charge in [0.05, 0.1) is 17.3 Å². The smallest absolute Gasteiger partial charge is 0.226 e. The molecule has 112 valence electrons. The molecule has 1 aliphatic rings. The molecule has 0 bridgehead atoms. The Bertz CT molecular complexity index is 484. The minimum atomic E-state index is -0.107. The molecule has 1 fully saturated rings. The van der Waals surface area contributed by atoms with Crippen molar-refractivity contribution >= 4 is 5.91 Å². The van der Waals surface area contributed by atoms with Crippen molar-refractivity contribution in [1.82, 2.24) is 19.6 Å². The van der Waals surface area contributed by atoms with E-state index in [1.165, 1.54) is 0 Å². The van der Waals surface area contributed by atoms with E-state index in [-0.39, 0.29) is 24.3 Å². The SMILES string of the molecule is Cc1cc(CN2C[C@@H](CO)[C@H](C(=O)N(C)C)C2)n(C)n1. The van der Waals surface area contributed by atoms with Gasteiger partial charge in [0.15, 0.2) is 0 Å². The number of carbonyl (C=O) groups is 1. The average Bonchev–Trinajstić information content (AvgIpc) is 2.92. The van der Waals surface area contributed by atoms with Gasteiger partial charge in [0.25, 0.3) is 0 Å². The van der Waals surface area contributed by atoms with Crippen molar-refractivity contribution in [2.75, 3.05) is 33.8 Å². The molecule has 2 heterocycles. The molecule has 0 aromatic carbocycles. The highest BCUT2D eigenvalue weighted by Gasteiger charge is 2.37. The first-order chi connectivity index (χ1) is 9.42. The predicted octanol–water partition coefficient (Wildman–Crippen LogP) is -0.143. The van der Waals surface area contributed by atoms with Crippen molar-refractivity contribution < 1.29 is 9.90 Å². The van der Waals surface area contributed by atoms with Crippen molar-refractivity contribution in [3.8, 4) is 0 Å². The van der Waals surface area contributed by atoms with Gasteiger partial charge in [-0.25, -0.2) is 0 Å². The van der Waals surface area contributed by atoms with E-state index in [4.69, 9.17) is 0 Å². The maximum atomic E-state index is 12.2. The summed E-state index contributed by atoms with van der Waals surface area (Å²) in [4.78, 5) is 16.0. The van der Waals surface area contributed by atoms with E-state index in [1.54, 1.807) is 19.0 Å². The van der Waals surface area contributed by atoms with Crippen LogP contribution in [-0.4, -0.2) is 64.4 Å². The summed E-state index contributed by atoms with van der Waals surface area (Å²) in [5.41, 5.74) is 2.14. The van der Waals surface area contributed by atoms with Crippen LogP contribution in [0.4, 0.5) is 0 Å². The Morgan fingerprint density at radius 2 is 2.20 bits per heavy atom. The molecule has 1 aromatic heterocycles. The van der Waals surface area contributed by atoms with Crippen LogP contribution in [0.15, 0.2) is 6.07 Å². The van der Waals surface area contributed by atoms with Crippen LogP contribution < -0.4 is 0 Å². The minimum Gasteiger partial charge on any atom is -0.396 e. The Hall–Kier alpha value is -1.40. The van der Waals surface area contributed by atoms with Crippen LogP contribution in [0.5, 0.6) is 0 Å². The van der Waals surface area contributed by atoms with Gasteiger partial charge in [0.1, 0.15) is 0 Å². The van der Waals surface area contributed by atoms with Crippen molar-refractivity contribution in [1.29, 1.82) is 0 Å². The number of hydrogen-bond acceptors (Lipinski definition) is 4. The van der Waals surface area contributed by atoms with Gasteiger partial charge in [-0.1, -0.05) is 0 Å². The third-order valence-electron chi connectivity index (χ3n) is 3.99. The Morgan fingerprint density at radius 3 is 2.70 bits per heavy atom. The summed E-state index contributed by atoms with van der Waals surface area (Å²) in [6.45, 7) is 4.26. The highest BCUT2D eigenvalue weighted by molar-refractivity contribution is 5.79. The number of aliphatic hydroxyl groups excluding tert-OH is 1. The third-order valence-corrected chi connectivity index (χ3v) is 3.99. The van der Waals surface area contributed by atoms with Gasteiger partial charge in [0.2, 0.25) is 5.91 Å². The first kappa shape index (κ1) is 15.0. The van der Waals surface area contributed by atoms with Crippen LogP contribution in [0.1, 0.15) is 11.4 Å². The molecule has 1 saturated heterocycles. The topological polar surface area (TPSA) is 61.6 Å². The maximum absolute atomic E-state index is 12.2. The Kier molecular flexibility index (Phi) is 4.45. The Morgan fingerprint density at radius 1 is 1.50 bits per heavy atom. The summed E-state index contributed by atoms with van der Waals surface area (Å²) in [6.07, 6.45) is 0. The second-order valence-electron chi connectivity index (χ2n) is 5.88. The van der Waals surface area contributed by atoms with E-state index in [0.29, 0.717) is 6.54 Å². The standard InChI is InChI=1S/C14H24N4O2/c1-10-5-12(17(4)15-10)7-18-6-11(9-19)13(8-18)14(20)16(2)3/h5,11,13,19H,6-9H2,1-4H3/t11-,13+/m0/s1. The molecule has 20 heavy (non-hydrogen) atoms. The first-order valence-electron chi connectivity index (χ1n) is 6.96. The number of carbonyl (C=O) groups excluding carboxylic acids is 1. The van der Waals surface area contributed by atoms with Gasteiger partial charge in [-0.05, 0) is 13.0 Å². The second kappa shape index (κ2) is 5.93. The lowest BCUT2D eigenvalue weighted by Gasteiger charge is -2.19. The number of rotatable bonds is 4. The summed E-state index contributed by atoms with van der Waals surface area (Å²) in [7, 11) is 5.47. The maximum Gasteiger partial charge on any atom is 0.226 e. The van der Waals surface area contributed by atoms with E-state index in [1.807, 2.05) is 18.7 Å². The van der Waals surface area contributed by atoms with Crippen LogP contribution in [-0.2, 0) is 18.4 Å². The Labute approximate surface area is 120 Å². The van der Waals surface area contributed by atoms with Crippen molar-refractivity contribution in [2.24, 2.45) is 18.9 Å². The van der Waals surface area contributed by atoms with Gasteiger partial charge in [-0.2, -0.15) is 5.10 Å². The average molecular weight is 280 g/mol. The van der Waals surface area contributed by atoms with Gasteiger partial charge in [-0.15, -0.1) is 0 Å². The molecule has 2 atom stereocenters. The molecule has 2 rings (SSSR count). The summed E-state index contributed by atoms with van der Waals surface area (Å²) in [6, 6.07) is 2.06. The summed E-state index contributed by atoms with van der Waals surface area (Å²) in [5.74, 6) is 0.0243. The Balaban J connectivity index is 2.05. The highest BCUT2D eigenvalue weighted by Crippen LogP contribution is 2.26. The van der Waals surface area contributed by atoms with E-state index < -0.39 is 0 Å². The molecule has 0 spiro atoms. The number of aromatic nitrogens is 2. The lowest BCUT2D eigenvalue weighted by Crippen LogP contribution is -2.35. The number of likely N-dealkylation sites (tertiary alicyclic amines) is 1. The molecule has 1 aliphatic heterocycles. The molecule has 0 radical (unpaired) electrons. The molecule has 1 N–H and O–H groups in total. The molecule has 6 heteroatoms. The predicted molar refractivity (Wildman–Crippen MR) is 76.0 cm³/mol. The van der Waals surface area contributed by atoms with Crippen LogP contribution in [0.3, 0.4) is 0 Å². The van der Waals surface area contributed by atoms with E-state index in [2.05, 4.69) is 16.1 Å². The lowest BCUT2D eigenvalue weighted by atomic mass is 9.96. The molecule has 1 aromatic rings. The number of aliphatic hydroxyl groups is 1. The van der Waals surface area contributed by atoms with Crippen molar-refractivity contribution in [3.63, 3.8) is 0 Å². The molecular formula is C14H24N4O2. The second-order valence-corrected chi connectivity index (χ2v) is 5.88. The van der Waals surface area contributed by atoms with Crippen molar-refractivity contribution in [2.45, 2.75) is 13.5 Å². The number of aryl methyl sites for hydroxylation is 2. The van der Waals surface area contributed by atoms with Crippen LogP contribution in [0, 0.1) is 18.8 Å². The third kappa shape index (κ3) is 3.02. The van der Waals surface area contributed by atoms with Crippen LogP contribution in [0.25, 0.3) is 0 Å². The zero-order chi connectivity index (χ0) is 14.9. The number of nitrogens with zero attached hydrogens (tertiary/aromatic N) is 4. The van der Waals surface area contributed by atoms with Crippen LogP contribution in [0.2, 0.25) is 0 Å². The molecule has 0 aliphatic carbocycles. The molecule has 1 amide bonds. The largest absolute Gasteiger partial charge is 0.396 e. The van der Waals surface area contributed by atoms with Crippen molar-refractivity contribution in [3.05, 3.63) is 17.5 Å². The van der Waals surface area contributed by atoms with Gasteiger partial charge in [0, 0.05) is 53.3 Å². The number of hydrogen-bond donors (Lipinski definition) is 1. The molecule has 0 saturated carbocycles. The summed E-state index contributed by atoms with van der Waals surface area (Å²) >= 11 is 0. The fourth-order valence-corrected chi connectivity index (χ4v) is 2.93. The summed E-state index contributed by atoms with van der Waals surface area (Å²) in [5, 5.41) is 13.8. The van der Waals surface area contributed by atoms with Gasteiger partial charge < -0.3 is 10.0 Å². The quantitative estimate of drug-likeness (QED) is 0.834. The number of amides is 1. The van der Waals surface area contributed by atoms with Gasteiger partial charge >= 0.3 is 0 Å². The van der Waals surface area contributed by atoms with Gasteiger partial charge in [-0.3, -0.25) is 14.4 Å². The van der Waals surface area contributed by atoms with E-state index in [0.717, 1.165) is 24.5 Å².